The van der Waals surface area contributed by atoms with Crippen LogP contribution in [0.3, 0.4) is 0 Å². The van der Waals surface area contributed by atoms with E-state index in [0.29, 0.717) is 20.8 Å². The second-order valence-corrected chi connectivity index (χ2v) is 9.20. The normalized spacial score (nSPS) is 23.8. The van der Waals surface area contributed by atoms with Crippen molar-refractivity contribution in [3.8, 4) is 5.75 Å². The third kappa shape index (κ3) is 2.69. The predicted octanol–water partition coefficient (Wildman–Crippen LogP) is 2.22. The van der Waals surface area contributed by atoms with Crippen LogP contribution in [0.5, 0.6) is 5.75 Å². The summed E-state index contributed by atoms with van der Waals surface area (Å²) in [7, 11) is 0. The van der Waals surface area contributed by atoms with Crippen LogP contribution in [0.15, 0.2) is 64.5 Å². The Morgan fingerprint density at radius 3 is 2.72 bits per heavy atom. The van der Waals surface area contributed by atoms with Crippen LogP contribution in [0.1, 0.15) is 31.1 Å². The van der Waals surface area contributed by atoms with Gasteiger partial charge >= 0.3 is 0 Å². The maximum Gasteiger partial charge on any atom is 0.270 e. The lowest BCUT2D eigenvalue weighted by Crippen LogP contribution is -2.58. The summed E-state index contributed by atoms with van der Waals surface area (Å²) >= 11 is 1.28. The molecule has 0 unspecified atom stereocenters. The number of hydrogen-bond acceptors (Lipinski definition) is 7. The molecule has 2 aromatic heterocycles. The number of fused-ring (bicyclic) bond motifs is 7. The van der Waals surface area contributed by atoms with Gasteiger partial charge in [0.2, 0.25) is 5.72 Å². The smallest absolute Gasteiger partial charge is 0.270 e. The van der Waals surface area contributed by atoms with Crippen molar-refractivity contribution in [3.63, 3.8) is 0 Å². The number of Topliss-reactive ketones (excluding diaryl/α,β-unsaturated/α-hetero) is 1. The molecule has 2 aliphatic rings. The molecule has 4 aromatic rings. The molecule has 3 atom stereocenters. The summed E-state index contributed by atoms with van der Waals surface area (Å²) in [6, 6.07) is 14.7. The Kier molecular flexibility index (Phi) is 3.98. The van der Waals surface area contributed by atoms with Crippen molar-refractivity contribution in [1.29, 1.82) is 0 Å². The average molecular weight is 443 g/mol. The van der Waals surface area contributed by atoms with E-state index in [9.17, 15) is 9.59 Å². The number of carbonyl (C=O) groups excluding carboxylic acids is 1. The van der Waals surface area contributed by atoms with Crippen LogP contribution < -0.4 is 19.6 Å². The molecule has 0 radical (unpaired) electrons. The topological polar surface area (TPSA) is 86.4 Å². The largest absolute Gasteiger partial charge is 0.465 e. The van der Waals surface area contributed by atoms with Crippen molar-refractivity contribution in [2.24, 2.45) is 10.9 Å². The number of ether oxygens (including phenoxy) is 1. The minimum Gasteiger partial charge on any atom is -0.465 e. The van der Waals surface area contributed by atoms with Gasteiger partial charge in [0.1, 0.15) is 17.5 Å². The molecule has 0 fully saturated rings. The van der Waals surface area contributed by atoms with E-state index in [1.54, 1.807) is 16.8 Å². The van der Waals surface area contributed by atoms with Gasteiger partial charge in [-0.25, -0.2) is 9.98 Å². The Bertz CT molecular complexity index is 1610. The molecule has 7 nitrogen and oxygen atoms in total. The van der Waals surface area contributed by atoms with Gasteiger partial charge in [-0.3, -0.25) is 19.1 Å². The maximum absolute atomic E-state index is 13.5. The first-order chi connectivity index (χ1) is 15.4. The molecular weight excluding hydrogens is 424 g/mol. The molecule has 32 heavy (non-hydrogen) atoms. The van der Waals surface area contributed by atoms with Crippen molar-refractivity contribution in [3.05, 3.63) is 85.7 Å². The molecule has 2 bridgehead atoms. The van der Waals surface area contributed by atoms with Crippen molar-refractivity contribution < 1.29 is 9.53 Å². The minimum absolute atomic E-state index is 0.0644. The van der Waals surface area contributed by atoms with Crippen LogP contribution >= 0.6 is 11.3 Å². The average Bonchev–Trinajstić information content (AvgIpc) is 3.06. The maximum atomic E-state index is 13.5. The van der Waals surface area contributed by atoms with Crippen LogP contribution in [-0.4, -0.2) is 26.0 Å². The number of thiazole rings is 1. The van der Waals surface area contributed by atoms with E-state index >= 15 is 0 Å². The monoisotopic (exact) mass is 442 g/mol. The molecular formula is C24H18N4O3S. The highest BCUT2D eigenvalue weighted by molar-refractivity contribution is 7.07. The SMILES string of the molecule is CC(=O)[C@H]1[C@H]2c3ccccc3O[C@]1(C)N=c1s/c(=C\c3cnc4ccccc4n3)c(=O)n12. The fraction of sp³-hybridized carbons (Fsp3) is 0.208. The molecule has 8 heteroatoms. The van der Waals surface area contributed by atoms with Gasteiger partial charge in [-0.15, -0.1) is 0 Å². The molecule has 6 rings (SSSR count). The van der Waals surface area contributed by atoms with Gasteiger partial charge in [0.25, 0.3) is 5.56 Å². The zero-order valence-corrected chi connectivity index (χ0v) is 18.2. The van der Waals surface area contributed by atoms with Gasteiger partial charge in [0.05, 0.1) is 33.5 Å². The Balaban J connectivity index is 1.60. The van der Waals surface area contributed by atoms with Gasteiger partial charge in [-0.2, -0.15) is 0 Å². The Hall–Kier alpha value is -3.65. The highest BCUT2D eigenvalue weighted by atomic mass is 32.1. The highest BCUT2D eigenvalue weighted by Gasteiger charge is 2.53. The zero-order valence-electron chi connectivity index (χ0n) is 17.4. The number of hydrogen-bond donors (Lipinski definition) is 0. The van der Waals surface area contributed by atoms with Crippen LogP contribution in [0.4, 0.5) is 0 Å². The zero-order chi connectivity index (χ0) is 22.0. The predicted molar refractivity (Wildman–Crippen MR) is 120 cm³/mol. The molecule has 2 aliphatic heterocycles. The lowest BCUT2D eigenvalue weighted by atomic mass is 9.79. The number of nitrogens with zero attached hydrogens (tertiary/aromatic N) is 4. The summed E-state index contributed by atoms with van der Waals surface area (Å²) in [6.45, 7) is 3.34. The van der Waals surface area contributed by atoms with Gasteiger partial charge in [0.15, 0.2) is 4.80 Å². The molecule has 0 saturated heterocycles. The van der Waals surface area contributed by atoms with Crippen molar-refractivity contribution in [1.82, 2.24) is 14.5 Å². The molecule has 0 N–H and O–H groups in total. The first-order valence-electron chi connectivity index (χ1n) is 10.3. The van der Waals surface area contributed by atoms with Gasteiger partial charge < -0.3 is 4.74 Å². The fourth-order valence-corrected chi connectivity index (χ4v) is 5.82. The van der Waals surface area contributed by atoms with E-state index < -0.39 is 17.7 Å². The summed E-state index contributed by atoms with van der Waals surface area (Å²) in [5, 5.41) is 0. The summed E-state index contributed by atoms with van der Waals surface area (Å²) in [5.74, 6) is -0.00753. The molecule has 0 spiro atoms. The van der Waals surface area contributed by atoms with Gasteiger partial charge in [-0.05, 0) is 38.1 Å². The number of rotatable bonds is 2. The lowest BCUT2D eigenvalue weighted by molar-refractivity contribution is -0.132. The van der Waals surface area contributed by atoms with Crippen molar-refractivity contribution in [2.75, 3.05) is 0 Å². The lowest BCUT2D eigenvalue weighted by Gasteiger charge is -2.45. The number of carbonyl (C=O) groups is 1. The van der Waals surface area contributed by atoms with Crippen LogP contribution in [0.25, 0.3) is 17.1 Å². The summed E-state index contributed by atoms with van der Waals surface area (Å²) < 4.78 is 8.34. The molecule has 0 saturated carbocycles. The Morgan fingerprint density at radius 2 is 1.91 bits per heavy atom. The Morgan fingerprint density at radius 1 is 1.16 bits per heavy atom. The second kappa shape index (κ2) is 6.67. The molecule has 0 amide bonds. The summed E-state index contributed by atoms with van der Waals surface area (Å²) in [6.07, 6.45) is 3.38. The van der Waals surface area contributed by atoms with Gasteiger partial charge in [-0.1, -0.05) is 41.7 Å². The first-order valence-corrected chi connectivity index (χ1v) is 11.1. The third-order valence-corrected chi connectivity index (χ3v) is 7.05. The van der Waals surface area contributed by atoms with E-state index in [4.69, 9.17) is 9.73 Å². The fourth-order valence-electron chi connectivity index (χ4n) is 4.73. The second-order valence-electron chi connectivity index (χ2n) is 8.19. The number of benzene rings is 2. The van der Waals surface area contributed by atoms with Crippen LogP contribution in [-0.2, 0) is 4.79 Å². The first kappa shape index (κ1) is 19.1. The third-order valence-electron chi connectivity index (χ3n) is 6.06. The molecule has 158 valence electrons. The van der Waals surface area contributed by atoms with E-state index in [-0.39, 0.29) is 11.3 Å². The number of para-hydroxylation sites is 3. The van der Waals surface area contributed by atoms with Crippen LogP contribution in [0, 0.1) is 5.92 Å². The standard InChI is InChI=1S/C24H18N4O3S/c1-13(29)20-21-15-7-3-6-10-18(15)31-24(20,2)27-23-28(21)22(30)19(32-23)11-14-12-25-16-8-4-5-9-17(16)26-14/h3-12,20-21H,1-2H3/b19-11-/t20-,21+,24-/m0/s1. The van der Waals surface area contributed by atoms with E-state index in [1.807, 2.05) is 55.5 Å². The molecule has 0 aliphatic carbocycles. The van der Waals surface area contributed by atoms with Crippen LogP contribution in [0.2, 0.25) is 0 Å². The van der Waals surface area contributed by atoms with Crippen molar-refractivity contribution in [2.45, 2.75) is 25.6 Å². The summed E-state index contributed by atoms with van der Waals surface area (Å²) in [4.78, 5) is 40.6. The number of aromatic nitrogens is 3. The van der Waals surface area contributed by atoms with E-state index in [2.05, 4.69) is 9.97 Å². The number of ketones is 1. The highest BCUT2D eigenvalue weighted by Crippen LogP contribution is 2.47. The van der Waals surface area contributed by atoms with Crippen molar-refractivity contribution >= 4 is 34.2 Å². The Labute approximate surface area is 186 Å². The van der Waals surface area contributed by atoms with Gasteiger partial charge in [0, 0.05) is 5.56 Å². The molecule has 4 heterocycles. The summed E-state index contributed by atoms with van der Waals surface area (Å²) in [5.41, 5.74) is 1.70. The van der Waals surface area contributed by atoms with E-state index in [1.165, 1.54) is 18.3 Å². The minimum atomic E-state index is -1.07. The molecule has 2 aromatic carbocycles. The van der Waals surface area contributed by atoms with E-state index in [0.717, 1.165) is 16.6 Å². The quantitative estimate of drug-likeness (QED) is 0.475.